The van der Waals surface area contributed by atoms with E-state index in [1.165, 1.54) is 6.08 Å². The third-order valence-electron chi connectivity index (χ3n) is 3.29. The molecule has 0 unspecified atom stereocenters. The molecule has 0 heterocycles. The van der Waals surface area contributed by atoms with Gasteiger partial charge in [0.05, 0.1) is 0 Å². The number of carboxylic acid groups (broad SMARTS) is 1. The number of nitrogens with one attached hydrogen (secondary N) is 1. The van der Waals surface area contributed by atoms with Crippen LogP contribution in [0.2, 0.25) is 0 Å². The fourth-order valence-corrected chi connectivity index (χ4v) is 2.01. The Kier molecular flexibility index (Phi) is 7.50. The van der Waals surface area contributed by atoms with E-state index in [2.05, 4.69) is 17.2 Å². The van der Waals surface area contributed by atoms with Gasteiger partial charge in [0.15, 0.2) is 0 Å². The molecule has 5 nitrogen and oxygen atoms in total. The largest absolute Gasteiger partial charge is 0.478 e. The molecule has 5 heteroatoms. The van der Waals surface area contributed by atoms with E-state index in [1.807, 2.05) is 42.5 Å². The second kappa shape index (κ2) is 10.4. The van der Waals surface area contributed by atoms with Gasteiger partial charge in [-0.15, -0.1) is 0 Å². The molecular formula is C21H19NO4. The standard InChI is InChI=1S/C21H19NO4/c23-20(24)14-13-18-11-9-17(10-12-18)6-4-5-15-22-21(25)26-16-19-7-2-1-3-8-19/h1-3,7-14H,5,15-16H2,(H,22,25)(H,23,24)/b14-13+. The summed E-state index contributed by atoms with van der Waals surface area (Å²) in [5, 5.41) is 11.2. The molecule has 0 aromatic heterocycles. The first kappa shape index (κ1) is 18.8. The minimum Gasteiger partial charge on any atom is -0.478 e. The Hall–Kier alpha value is -3.52. The Balaban J connectivity index is 1.68. The topological polar surface area (TPSA) is 75.6 Å². The summed E-state index contributed by atoms with van der Waals surface area (Å²) in [6.07, 6.45) is 2.64. The summed E-state index contributed by atoms with van der Waals surface area (Å²) in [6.45, 7) is 0.640. The molecule has 0 saturated carbocycles. The smallest absolute Gasteiger partial charge is 0.407 e. The summed E-state index contributed by atoms with van der Waals surface area (Å²) in [7, 11) is 0. The van der Waals surface area contributed by atoms with Crippen LogP contribution in [0, 0.1) is 11.8 Å². The van der Waals surface area contributed by atoms with Gasteiger partial charge in [-0.3, -0.25) is 0 Å². The minimum absolute atomic E-state index is 0.237. The Labute approximate surface area is 152 Å². The van der Waals surface area contributed by atoms with Crippen molar-refractivity contribution < 1.29 is 19.4 Å². The molecule has 2 N–H and O–H groups in total. The summed E-state index contributed by atoms with van der Waals surface area (Å²) in [5.74, 6) is 4.97. The van der Waals surface area contributed by atoms with Crippen LogP contribution >= 0.6 is 0 Å². The molecule has 2 aromatic carbocycles. The normalized spacial score (nSPS) is 10.0. The van der Waals surface area contributed by atoms with Crippen LogP contribution in [-0.4, -0.2) is 23.7 Å². The van der Waals surface area contributed by atoms with E-state index in [-0.39, 0.29) is 6.61 Å². The number of carboxylic acids is 1. The average Bonchev–Trinajstić information content (AvgIpc) is 2.66. The number of carbonyl (C=O) groups is 2. The molecule has 0 spiro atoms. The van der Waals surface area contributed by atoms with Crippen molar-refractivity contribution >= 4 is 18.1 Å². The van der Waals surface area contributed by atoms with Crippen molar-refractivity contribution in [2.75, 3.05) is 6.54 Å². The van der Waals surface area contributed by atoms with Crippen LogP contribution in [0.25, 0.3) is 6.08 Å². The number of hydrogen-bond donors (Lipinski definition) is 2. The summed E-state index contributed by atoms with van der Waals surface area (Å²) >= 11 is 0. The van der Waals surface area contributed by atoms with Crippen molar-refractivity contribution in [3.05, 3.63) is 77.4 Å². The van der Waals surface area contributed by atoms with E-state index in [4.69, 9.17) is 9.84 Å². The van der Waals surface area contributed by atoms with Crippen LogP contribution in [0.5, 0.6) is 0 Å². The summed E-state index contributed by atoms with van der Waals surface area (Å²) in [6, 6.07) is 16.7. The van der Waals surface area contributed by atoms with Gasteiger partial charge in [0.1, 0.15) is 6.61 Å². The molecule has 0 aliphatic heterocycles. The zero-order valence-electron chi connectivity index (χ0n) is 14.1. The molecule has 0 saturated heterocycles. The Bertz CT molecular complexity index is 815. The highest BCUT2D eigenvalue weighted by molar-refractivity contribution is 5.85. The summed E-state index contributed by atoms with van der Waals surface area (Å²) in [4.78, 5) is 22.0. The summed E-state index contributed by atoms with van der Waals surface area (Å²) < 4.78 is 5.10. The van der Waals surface area contributed by atoms with Gasteiger partial charge in [-0.2, -0.15) is 0 Å². The van der Waals surface area contributed by atoms with Gasteiger partial charge >= 0.3 is 12.1 Å². The van der Waals surface area contributed by atoms with Crippen molar-refractivity contribution in [2.24, 2.45) is 0 Å². The fraction of sp³-hybridized carbons (Fsp3) is 0.143. The van der Waals surface area contributed by atoms with Crippen LogP contribution in [0.15, 0.2) is 60.7 Å². The number of benzene rings is 2. The number of rotatable bonds is 6. The lowest BCUT2D eigenvalue weighted by atomic mass is 10.1. The van der Waals surface area contributed by atoms with E-state index in [1.54, 1.807) is 12.1 Å². The van der Waals surface area contributed by atoms with Crippen molar-refractivity contribution in [2.45, 2.75) is 13.0 Å². The predicted molar refractivity (Wildman–Crippen MR) is 99.2 cm³/mol. The lowest BCUT2D eigenvalue weighted by Gasteiger charge is -2.05. The minimum atomic E-state index is -0.983. The molecule has 0 radical (unpaired) electrons. The van der Waals surface area contributed by atoms with E-state index in [9.17, 15) is 9.59 Å². The van der Waals surface area contributed by atoms with Gasteiger partial charge in [0, 0.05) is 24.6 Å². The zero-order chi connectivity index (χ0) is 18.6. The second-order valence-electron chi connectivity index (χ2n) is 5.33. The highest BCUT2D eigenvalue weighted by Gasteiger charge is 2.00. The Morgan fingerprint density at radius 3 is 2.50 bits per heavy atom. The van der Waals surface area contributed by atoms with Gasteiger partial charge < -0.3 is 15.2 Å². The lowest BCUT2D eigenvalue weighted by Crippen LogP contribution is -2.24. The molecule has 0 fully saturated rings. The maximum absolute atomic E-state index is 11.6. The first-order valence-corrected chi connectivity index (χ1v) is 8.08. The van der Waals surface area contributed by atoms with Gasteiger partial charge in [-0.1, -0.05) is 54.3 Å². The molecule has 0 aliphatic carbocycles. The molecule has 0 bridgehead atoms. The third-order valence-corrected chi connectivity index (χ3v) is 3.29. The van der Waals surface area contributed by atoms with Gasteiger partial charge in [-0.05, 0) is 29.3 Å². The van der Waals surface area contributed by atoms with Crippen LogP contribution in [0.3, 0.4) is 0 Å². The SMILES string of the molecule is O=C(O)/C=C/c1ccc(C#CCCNC(=O)OCc2ccccc2)cc1. The number of hydrogen-bond acceptors (Lipinski definition) is 3. The number of aliphatic carboxylic acids is 1. The van der Waals surface area contributed by atoms with Crippen molar-refractivity contribution in [1.29, 1.82) is 0 Å². The van der Waals surface area contributed by atoms with Crippen LogP contribution in [-0.2, 0) is 16.1 Å². The lowest BCUT2D eigenvalue weighted by molar-refractivity contribution is -0.131. The van der Waals surface area contributed by atoms with Gasteiger partial charge in [0.2, 0.25) is 0 Å². The van der Waals surface area contributed by atoms with E-state index in [0.717, 1.165) is 22.8 Å². The van der Waals surface area contributed by atoms with Crippen LogP contribution in [0.4, 0.5) is 4.79 Å². The Morgan fingerprint density at radius 2 is 1.81 bits per heavy atom. The fourth-order valence-electron chi connectivity index (χ4n) is 2.01. The molecule has 0 atom stereocenters. The molecular weight excluding hydrogens is 330 g/mol. The average molecular weight is 349 g/mol. The number of ether oxygens (including phenoxy) is 1. The van der Waals surface area contributed by atoms with Crippen LogP contribution in [0.1, 0.15) is 23.1 Å². The van der Waals surface area contributed by atoms with Gasteiger partial charge in [0.25, 0.3) is 0 Å². The Morgan fingerprint density at radius 1 is 1.08 bits per heavy atom. The molecule has 26 heavy (non-hydrogen) atoms. The number of alkyl carbamates (subject to hydrolysis) is 1. The second-order valence-corrected chi connectivity index (χ2v) is 5.33. The van der Waals surface area contributed by atoms with Crippen LogP contribution < -0.4 is 5.32 Å². The summed E-state index contributed by atoms with van der Waals surface area (Å²) in [5.41, 5.74) is 2.55. The molecule has 132 valence electrons. The first-order valence-electron chi connectivity index (χ1n) is 8.08. The van der Waals surface area contributed by atoms with Crippen molar-refractivity contribution in [3.8, 4) is 11.8 Å². The first-order chi connectivity index (χ1) is 12.6. The highest BCUT2D eigenvalue weighted by Crippen LogP contribution is 2.05. The predicted octanol–water partition coefficient (Wildman–Crippen LogP) is 3.45. The number of amides is 1. The van der Waals surface area contributed by atoms with Crippen molar-refractivity contribution in [3.63, 3.8) is 0 Å². The van der Waals surface area contributed by atoms with Gasteiger partial charge in [-0.25, -0.2) is 9.59 Å². The maximum atomic E-state index is 11.6. The van der Waals surface area contributed by atoms with E-state index in [0.29, 0.717) is 13.0 Å². The molecule has 2 aromatic rings. The molecule has 0 aliphatic rings. The highest BCUT2D eigenvalue weighted by atomic mass is 16.5. The number of carbonyl (C=O) groups excluding carboxylic acids is 1. The third kappa shape index (κ3) is 7.37. The molecule has 2 rings (SSSR count). The quantitative estimate of drug-likeness (QED) is 0.476. The van der Waals surface area contributed by atoms with E-state index >= 15 is 0 Å². The van der Waals surface area contributed by atoms with E-state index < -0.39 is 12.1 Å². The zero-order valence-corrected chi connectivity index (χ0v) is 14.1. The monoisotopic (exact) mass is 349 g/mol. The molecule has 1 amide bonds. The maximum Gasteiger partial charge on any atom is 0.407 e. The van der Waals surface area contributed by atoms with Crippen molar-refractivity contribution in [1.82, 2.24) is 5.32 Å².